The number of rotatable bonds is 7. The van der Waals surface area contributed by atoms with Gasteiger partial charge in [-0.15, -0.1) is 11.3 Å². The lowest BCUT2D eigenvalue weighted by atomic mass is 10.1. The first-order valence-corrected chi connectivity index (χ1v) is 9.17. The van der Waals surface area contributed by atoms with Crippen molar-refractivity contribution in [2.45, 2.75) is 32.9 Å². The van der Waals surface area contributed by atoms with Crippen molar-refractivity contribution in [3.8, 4) is 5.75 Å². The van der Waals surface area contributed by atoms with Gasteiger partial charge in [-0.25, -0.2) is 0 Å². The molecule has 2 aromatic rings. The van der Waals surface area contributed by atoms with Gasteiger partial charge in [0.25, 0.3) is 0 Å². The van der Waals surface area contributed by atoms with Gasteiger partial charge in [-0.1, -0.05) is 18.2 Å². The minimum atomic E-state index is 0.354. The monoisotopic (exact) mass is 331 g/mol. The summed E-state index contributed by atoms with van der Waals surface area (Å²) in [4.78, 5) is 1.36. The van der Waals surface area contributed by atoms with E-state index >= 15 is 0 Å². The molecule has 0 saturated carbocycles. The van der Waals surface area contributed by atoms with Crippen LogP contribution in [0.3, 0.4) is 0 Å². The Morgan fingerprint density at radius 1 is 1.39 bits per heavy atom. The van der Waals surface area contributed by atoms with Gasteiger partial charge in [0, 0.05) is 35.6 Å². The van der Waals surface area contributed by atoms with Crippen LogP contribution in [0.4, 0.5) is 0 Å². The lowest BCUT2D eigenvalue weighted by molar-refractivity contribution is 0.166. The van der Waals surface area contributed by atoms with E-state index in [1.165, 1.54) is 16.0 Å². The normalized spacial score (nSPS) is 19.0. The zero-order valence-corrected chi connectivity index (χ0v) is 14.7. The summed E-state index contributed by atoms with van der Waals surface area (Å²) in [6.45, 7) is 7.57. The molecule has 4 heteroatoms. The van der Waals surface area contributed by atoms with Gasteiger partial charge < -0.3 is 14.8 Å². The van der Waals surface area contributed by atoms with Gasteiger partial charge in [-0.05, 0) is 43.3 Å². The summed E-state index contributed by atoms with van der Waals surface area (Å²) < 4.78 is 11.5. The molecule has 1 aromatic heterocycles. The van der Waals surface area contributed by atoms with Crippen LogP contribution in [-0.2, 0) is 11.3 Å². The summed E-state index contributed by atoms with van der Waals surface area (Å²) in [7, 11) is 0. The van der Waals surface area contributed by atoms with Gasteiger partial charge in [-0.2, -0.15) is 0 Å². The molecular formula is C19H25NO2S. The summed E-state index contributed by atoms with van der Waals surface area (Å²) >= 11 is 1.79. The zero-order chi connectivity index (χ0) is 16.1. The molecule has 3 rings (SSSR count). The van der Waals surface area contributed by atoms with Gasteiger partial charge in [-0.3, -0.25) is 0 Å². The van der Waals surface area contributed by atoms with Crippen molar-refractivity contribution >= 4 is 11.3 Å². The molecule has 0 amide bonds. The topological polar surface area (TPSA) is 30.5 Å². The molecule has 1 aliphatic rings. The van der Waals surface area contributed by atoms with Gasteiger partial charge in [0.1, 0.15) is 5.75 Å². The molecule has 2 heterocycles. The third-order valence-corrected chi connectivity index (χ3v) is 5.34. The molecule has 1 aliphatic heterocycles. The predicted octanol–water partition coefficient (Wildman–Crippen LogP) is 4.32. The van der Waals surface area contributed by atoms with E-state index in [-0.39, 0.29) is 0 Å². The number of hydrogen-bond donors (Lipinski definition) is 1. The second-order valence-electron chi connectivity index (χ2n) is 6.27. The minimum Gasteiger partial charge on any atom is -0.493 e. The Morgan fingerprint density at radius 3 is 3.04 bits per heavy atom. The second-order valence-corrected chi connectivity index (χ2v) is 7.25. The molecule has 0 spiro atoms. The zero-order valence-electron chi connectivity index (χ0n) is 13.9. The lowest BCUT2D eigenvalue weighted by Gasteiger charge is -2.17. The summed E-state index contributed by atoms with van der Waals surface area (Å²) in [5.41, 5.74) is 2.45. The number of thiophene rings is 1. The van der Waals surface area contributed by atoms with Crippen LogP contribution in [0.2, 0.25) is 0 Å². The number of benzene rings is 1. The van der Waals surface area contributed by atoms with Crippen LogP contribution in [-0.4, -0.2) is 19.8 Å². The van der Waals surface area contributed by atoms with Crippen LogP contribution < -0.4 is 10.1 Å². The summed E-state index contributed by atoms with van der Waals surface area (Å²) in [6.07, 6.45) is 1.11. The molecule has 1 fully saturated rings. The molecule has 1 saturated heterocycles. The van der Waals surface area contributed by atoms with Gasteiger partial charge in [0.05, 0.1) is 13.2 Å². The Balaban J connectivity index is 1.61. The van der Waals surface area contributed by atoms with Crippen molar-refractivity contribution in [3.05, 3.63) is 51.7 Å². The lowest BCUT2D eigenvalue weighted by Crippen LogP contribution is -2.18. The maximum Gasteiger partial charge on any atom is 0.124 e. The van der Waals surface area contributed by atoms with Crippen molar-refractivity contribution in [2.75, 3.05) is 19.8 Å². The highest BCUT2D eigenvalue weighted by molar-refractivity contribution is 7.10. The first-order valence-electron chi connectivity index (χ1n) is 8.29. The Bertz CT molecular complexity index is 606. The van der Waals surface area contributed by atoms with Gasteiger partial charge >= 0.3 is 0 Å². The van der Waals surface area contributed by atoms with E-state index in [1.807, 2.05) is 0 Å². The van der Waals surface area contributed by atoms with Crippen LogP contribution in [0.5, 0.6) is 5.75 Å². The first kappa shape index (κ1) is 16.5. The van der Waals surface area contributed by atoms with Crippen LogP contribution in [0.15, 0.2) is 35.7 Å². The summed E-state index contributed by atoms with van der Waals surface area (Å²) in [6, 6.07) is 11.1. The van der Waals surface area contributed by atoms with Crippen LogP contribution in [0.25, 0.3) is 0 Å². The van der Waals surface area contributed by atoms with E-state index in [9.17, 15) is 0 Å². The van der Waals surface area contributed by atoms with E-state index in [0.717, 1.165) is 38.5 Å². The molecule has 2 atom stereocenters. The van der Waals surface area contributed by atoms with E-state index in [2.05, 4.69) is 54.9 Å². The van der Waals surface area contributed by atoms with E-state index in [4.69, 9.17) is 9.47 Å². The van der Waals surface area contributed by atoms with Gasteiger partial charge in [0.2, 0.25) is 0 Å². The fraction of sp³-hybridized carbons (Fsp3) is 0.474. The van der Waals surface area contributed by atoms with Crippen molar-refractivity contribution in [1.29, 1.82) is 0 Å². The first-order chi connectivity index (χ1) is 11.2. The Kier molecular flexibility index (Phi) is 5.70. The molecular weight excluding hydrogens is 306 g/mol. The highest BCUT2D eigenvalue weighted by Crippen LogP contribution is 2.24. The van der Waals surface area contributed by atoms with Gasteiger partial charge in [0.15, 0.2) is 0 Å². The highest BCUT2D eigenvalue weighted by atomic mass is 32.1. The standard InChI is InChI=1S/C19H25NO2S/c1-14-5-6-17(11-20-15(2)19-4-3-9-23-19)18(10-14)22-13-16-7-8-21-12-16/h3-6,9-10,15-16,20H,7-8,11-13H2,1-2H3/t15-,16+/m0/s1. The van der Waals surface area contributed by atoms with Crippen LogP contribution >= 0.6 is 11.3 Å². The number of nitrogens with one attached hydrogen (secondary N) is 1. The molecule has 0 bridgehead atoms. The molecule has 23 heavy (non-hydrogen) atoms. The number of ether oxygens (including phenoxy) is 2. The predicted molar refractivity (Wildman–Crippen MR) is 95.2 cm³/mol. The quantitative estimate of drug-likeness (QED) is 0.819. The third kappa shape index (κ3) is 4.56. The van der Waals surface area contributed by atoms with Crippen LogP contribution in [0, 0.1) is 12.8 Å². The van der Waals surface area contributed by atoms with Crippen molar-refractivity contribution < 1.29 is 9.47 Å². The molecule has 3 nitrogen and oxygen atoms in total. The van der Waals surface area contributed by atoms with E-state index in [0.29, 0.717) is 12.0 Å². The summed E-state index contributed by atoms with van der Waals surface area (Å²) in [5.74, 6) is 1.53. The Labute approximate surface area is 142 Å². The van der Waals surface area contributed by atoms with Crippen molar-refractivity contribution in [1.82, 2.24) is 5.32 Å². The molecule has 0 radical (unpaired) electrons. The van der Waals surface area contributed by atoms with Crippen molar-refractivity contribution in [3.63, 3.8) is 0 Å². The molecule has 0 aliphatic carbocycles. The van der Waals surface area contributed by atoms with E-state index < -0.39 is 0 Å². The highest BCUT2D eigenvalue weighted by Gasteiger charge is 2.17. The molecule has 1 N–H and O–H groups in total. The van der Waals surface area contributed by atoms with Crippen molar-refractivity contribution in [2.24, 2.45) is 5.92 Å². The minimum absolute atomic E-state index is 0.354. The third-order valence-electron chi connectivity index (χ3n) is 4.29. The fourth-order valence-electron chi connectivity index (χ4n) is 2.77. The fourth-order valence-corrected chi connectivity index (χ4v) is 3.52. The largest absolute Gasteiger partial charge is 0.493 e. The Hall–Kier alpha value is -1.36. The van der Waals surface area contributed by atoms with E-state index in [1.54, 1.807) is 11.3 Å². The number of aryl methyl sites for hydroxylation is 1. The smallest absolute Gasteiger partial charge is 0.124 e. The maximum atomic E-state index is 6.11. The summed E-state index contributed by atoms with van der Waals surface area (Å²) in [5, 5.41) is 5.72. The average molecular weight is 331 g/mol. The van der Waals surface area contributed by atoms with Crippen LogP contribution in [0.1, 0.15) is 35.4 Å². The maximum absolute atomic E-state index is 6.11. The number of hydrogen-bond acceptors (Lipinski definition) is 4. The average Bonchev–Trinajstić information content (AvgIpc) is 3.25. The molecule has 124 valence electrons. The second kappa shape index (κ2) is 7.95. The Morgan fingerprint density at radius 2 is 2.30 bits per heavy atom. The molecule has 1 aromatic carbocycles. The molecule has 0 unspecified atom stereocenters. The SMILES string of the molecule is Cc1ccc(CN[C@@H](C)c2cccs2)c(OC[C@@H]2CCOC2)c1.